The van der Waals surface area contributed by atoms with Gasteiger partial charge in [0, 0.05) is 11.5 Å². The number of aromatic nitrogens is 1. The number of hydrogen-bond donors (Lipinski definition) is 2. The molecule has 0 aromatic carbocycles. The highest BCUT2D eigenvalue weighted by Gasteiger charge is 2.19. The van der Waals surface area contributed by atoms with E-state index in [1.807, 2.05) is 0 Å². The van der Waals surface area contributed by atoms with Crippen LogP contribution in [-0.4, -0.2) is 15.8 Å². The van der Waals surface area contributed by atoms with Gasteiger partial charge in [-0.3, -0.25) is 10.1 Å². The van der Waals surface area contributed by atoms with Crippen molar-refractivity contribution in [2.24, 2.45) is 5.73 Å². The Morgan fingerprint density at radius 2 is 2.00 bits per heavy atom. The van der Waals surface area contributed by atoms with E-state index in [4.69, 9.17) is 11.5 Å². The van der Waals surface area contributed by atoms with Gasteiger partial charge in [-0.2, -0.15) is 4.37 Å². The summed E-state index contributed by atoms with van der Waals surface area (Å²) in [5.74, 6) is 0. The van der Waals surface area contributed by atoms with Gasteiger partial charge in [0.25, 0.3) is 0 Å². The van der Waals surface area contributed by atoms with E-state index < -0.39 is 4.92 Å². The van der Waals surface area contributed by atoms with E-state index >= 15 is 0 Å². The predicted octanol–water partition coefficient (Wildman–Crippen LogP) is 1.70. The number of nitro groups is 1. The highest BCUT2D eigenvalue weighted by molar-refractivity contribution is 7.10. The van der Waals surface area contributed by atoms with E-state index in [0.717, 1.165) is 37.2 Å². The van der Waals surface area contributed by atoms with E-state index in [0.29, 0.717) is 18.7 Å². The fraction of sp³-hybridized carbons (Fsp3) is 0.667. The first-order valence-corrected chi connectivity index (χ1v) is 6.02. The van der Waals surface area contributed by atoms with E-state index in [-0.39, 0.29) is 10.7 Å². The van der Waals surface area contributed by atoms with Gasteiger partial charge in [0.05, 0.1) is 10.6 Å². The molecule has 4 N–H and O–H groups in total. The van der Waals surface area contributed by atoms with Crippen LogP contribution in [-0.2, 0) is 6.42 Å². The highest BCUT2D eigenvalue weighted by atomic mass is 32.1. The summed E-state index contributed by atoms with van der Waals surface area (Å²) in [7, 11) is 0. The molecule has 1 rings (SSSR count). The first kappa shape index (κ1) is 12.9. The minimum atomic E-state index is -0.481. The molecule has 0 aliphatic carbocycles. The molecule has 0 saturated heterocycles. The number of hydrogen-bond acceptors (Lipinski definition) is 6. The molecule has 0 bridgehead atoms. The Hall–Kier alpha value is -1.21. The van der Waals surface area contributed by atoms with Crippen molar-refractivity contribution >= 4 is 22.2 Å². The lowest BCUT2D eigenvalue weighted by molar-refractivity contribution is -0.379. The number of nitrogens with zero attached hydrogens (tertiary/aromatic N) is 2. The number of rotatable bonds is 7. The van der Waals surface area contributed by atoms with Gasteiger partial charge < -0.3 is 11.5 Å². The zero-order chi connectivity index (χ0) is 12.0. The zero-order valence-electron chi connectivity index (χ0n) is 9.02. The van der Waals surface area contributed by atoms with E-state index in [1.54, 1.807) is 0 Å². The minimum Gasteiger partial charge on any atom is -0.391 e. The van der Waals surface area contributed by atoms with Gasteiger partial charge in [-0.15, -0.1) is 0 Å². The van der Waals surface area contributed by atoms with Gasteiger partial charge in [0.15, 0.2) is 0 Å². The lowest BCUT2D eigenvalue weighted by Gasteiger charge is -1.98. The smallest absolute Gasteiger partial charge is 0.366 e. The Morgan fingerprint density at radius 3 is 2.56 bits per heavy atom. The number of aryl methyl sites for hydroxylation is 1. The molecular formula is C9H16N4O2S. The molecule has 1 aromatic rings. The molecule has 0 aliphatic heterocycles. The van der Waals surface area contributed by atoms with Crippen LogP contribution < -0.4 is 11.5 Å². The van der Waals surface area contributed by atoms with Crippen LogP contribution >= 0.6 is 11.5 Å². The van der Waals surface area contributed by atoms with Crippen molar-refractivity contribution in [1.82, 2.24) is 4.37 Å². The second kappa shape index (κ2) is 6.39. The molecule has 0 amide bonds. The van der Waals surface area contributed by atoms with E-state index in [2.05, 4.69) is 4.37 Å². The molecule has 0 aliphatic rings. The van der Waals surface area contributed by atoms with Gasteiger partial charge in [0.1, 0.15) is 5.69 Å². The Kier molecular flexibility index (Phi) is 5.13. The SMILES string of the molecule is NCCCCCCc1nsc([N+](=O)[O-])c1N. The summed E-state index contributed by atoms with van der Waals surface area (Å²) >= 11 is 0.858. The monoisotopic (exact) mass is 244 g/mol. The molecule has 7 heteroatoms. The molecule has 6 nitrogen and oxygen atoms in total. The van der Waals surface area contributed by atoms with Crippen molar-refractivity contribution in [3.63, 3.8) is 0 Å². The normalized spacial score (nSPS) is 10.6. The zero-order valence-corrected chi connectivity index (χ0v) is 9.83. The third kappa shape index (κ3) is 3.42. The molecular weight excluding hydrogens is 228 g/mol. The van der Waals surface area contributed by atoms with Crippen LogP contribution in [0.1, 0.15) is 31.4 Å². The minimum absolute atomic E-state index is 0.0445. The van der Waals surface area contributed by atoms with E-state index in [9.17, 15) is 10.1 Å². The lowest BCUT2D eigenvalue weighted by Crippen LogP contribution is -1.98. The fourth-order valence-corrected chi connectivity index (χ4v) is 2.09. The Bertz CT molecular complexity index is 353. The van der Waals surface area contributed by atoms with Crippen LogP contribution in [0.5, 0.6) is 0 Å². The van der Waals surface area contributed by atoms with Gasteiger partial charge in [-0.25, -0.2) is 0 Å². The third-order valence-corrected chi connectivity index (χ3v) is 3.17. The molecule has 1 aromatic heterocycles. The maximum atomic E-state index is 10.5. The maximum absolute atomic E-state index is 10.5. The van der Waals surface area contributed by atoms with Crippen molar-refractivity contribution in [3.05, 3.63) is 15.8 Å². The average molecular weight is 244 g/mol. The molecule has 0 spiro atoms. The quantitative estimate of drug-likeness (QED) is 0.431. The van der Waals surface area contributed by atoms with Gasteiger partial charge >= 0.3 is 5.00 Å². The summed E-state index contributed by atoms with van der Waals surface area (Å²) in [5.41, 5.74) is 11.9. The van der Waals surface area contributed by atoms with Gasteiger partial charge in [0.2, 0.25) is 0 Å². The summed E-state index contributed by atoms with van der Waals surface area (Å²) in [6.45, 7) is 0.713. The second-order valence-corrected chi connectivity index (χ2v) is 4.31. The molecule has 90 valence electrons. The third-order valence-electron chi connectivity index (χ3n) is 2.32. The van der Waals surface area contributed by atoms with E-state index in [1.165, 1.54) is 0 Å². The summed E-state index contributed by atoms with van der Waals surface area (Å²) in [6, 6.07) is 0. The van der Waals surface area contributed by atoms with Gasteiger partial charge in [-0.05, 0) is 25.8 Å². The van der Waals surface area contributed by atoms with Crippen molar-refractivity contribution in [3.8, 4) is 0 Å². The fourth-order valence-electron chi connectivity index (χ4n) is 1.42. The highest BCUT2D eigenvalue weighted by Crippen LogP contribution is 2.30. The number of nitrogens with two attached hydrogens (primary N) is 2. The van der Waals surface area contributed by atoms with Crippen LogP contribution in [0.2, 0.25) is 0 Å². The van der Waals surface area contributed by atoms with Crippen LogP contribution in [0.15, 0.2) is 0 Å². The van der Waals surface area contributed by atoms with Crippen molar-refractivity contribution in [2.75, 3.05) is 12.3 Å². The Balaban J connectivity index is 2.40. The Morgan fingerprint density at radius 1 is 1.31 bits per heavy atom. The standard InChI is InChI=1S/C9H16N4O2S/c10-6-4-2-1-3-5-7-8(11)9(13(14)15)16-12-7/h1-6,10-11H2. The number of nitrogen functional groups attached to an aromatic ring is 1. The summed E-state index contributed by atoms with van der Waals surface area (Å²) in [5, 5.41) is 10.5. The molecule has 0 radical (unpaired) electrons. The second-order valence-electron chi connectivity index (χ2n) is 3.56. The molecule has 1 heterocycles. The molecule has 0 atom stereocenters. The number of anilines is 1. The van der Waals surface area contributed by atoms with Crippen LogP contribution in [0.4, 0.5) is 10.7 Å². The van der Waals surface area contributed by atoms with Crippen LogP contribution in [0.3, 0.4) is 0 Å². The summed E-state index contributed by atoms with van der Waals surface area (Å²) < 4.78 is 4.01. The van der Waals surface area contributed by atoms with Crippen LogP contribution in [0.25, 0.3) is 0 Å². The Labute approximate surface area is 98.0 Å². The van der Waals surface area contributed by atoms with Gasteiger partial charge in [-0.1, -0.05) is 12.8 Å². The maximum Gasteiger partial charge on any atom is 0.366 e. The van der Waals surface area contributed by atoms with Crippen LogP contribution in [0, 0.1) is 10.1 Å². The first-order chi connectivity index (χ1) is 7.66. The van der Waals surface area contributed by atoms with Crippen molar-refractivity contribution in [2.45, 2.75) is 32.1 Å². The summed E-state index contributed by atoms with van der Waals surface area (Å²) in [4.78, 5) is 10.1. The topological polar surface area (TPSA) is 108 Å². The predicted molar refractivity (Wildman–Crippen MR) is 64.4 cm³/mol. The lowest BCUT2D eigenvalue weighted by atomic mass is 10.1. The average Bonchev–Trinajstić information content (AvgIpc) is 2.60. The van der Waals surface area contributed by atoms with Crippen molar-refractivity contribution in [1.29, 1.82) is 0 Å². The molecule has 16 heavy (non-hydrogen) atoms. The molecule has 0 fully saturated rings. The largest absolute Gasteiger partial charge is 0.391 e. The van der Waals surface area contributed by atoms with Crippen molar-refractivity contribution < 1.29 is 4.92 Å². The molecule has 0 unspecified atom stereocenters. The summed E-state index contributed by atoms with van der Waals surface area (Å²) in [6.07, 6.45) is 4.82. The number of unbranched alkanes of at least 4 members (excludes halogenated alkanes) is 3. The molecule has 0 saturated carbocycles. The first-order valence-electron chi connectivity index (χ1n) is 5.25.